The predicted molar refractivity (Wildman–Crippen MR) is 280 cm³/mol. The van der Waals surface area contributed by atoms with Gasteiger partial charge in [-0.1, -0.05) is 138 Å². The maximum atomic E-state index is 12.8. The van der Waals surface area contributed by atoms with E-state index in [4.69, 9.17) is 29.0 Å². The van der Waals surface area contributed by atoms with Gasteiger partial charge >= 0.3 is 33.3 Å². The Balaban J connectivity index is 1.88. The van der Waals surface area contributed by atoms with Gasteiger partial charge in [0.15, 0.2) is 18.1 Å². The summed E-state index contributed by atoms with van der Waals surface area (Å²) in [5, 5.41) is 20.9. The van der Waals surface area contributed by atoms with E-state index < -0.39 is 83.7 Å². The molecule has 73 heavy (non-hydrogen) atoms. The third-order valence-corrected chi connectivity index (χ3v) is 13.5. The number of esters is 2. The molecule has 21 heteroatoms. The van der Waals surface area contributed by atoms with Gasteiger partial charge < -0.3 is 39.9 Å². The molecule has 1 aliphatic rings. The number of phosphoric acid groups is 2. The van der Waals surface area contributed by atoms with Crippen LogP contribution in [0.5, 0.6) is 0 Å². The summed E-state index contributed by atoms with van der Waals surface area (Å²) >= 11 is 0. The van der Waals surface area contributed by atoms with E-state index >= 15 is 0 Å². The molecular formula is C52H81N3O16P2. The summed E-state index contributed by atoms with van der Waals surface area (Å²) in [7, 11) is -11.0. The number of aromatic nitrogens is 2. The Kier molecular flexibility index (Phi) is 34.7. The third kappa shape index (κ3) is 31.8. The molecule has 6 N–H and O–H groups in total. The van der Waals surface area contributed by atoms with Crippen molar-refractivity contribution in [2.24, 2.45) is 0 Å². The molecule has 2 unspecified atom stereocenters. The van der Waals surface area contributed by atoms with E-state index in [2.05, 4.69) is 65.7 Å². The molecule has 0 bridgehead atoms. The normalized spacial score (nSPS) is 19.6. The fraction of sp³-hybridized carbons (Fsp3) is 0.596. The number of aliphatic hydroxyl groups excluding tert-OH is 2. The number of hydrogen-bond donors (Lipinski definition) is 5. The van der Waals surface area contributed by atoms with Crippen molar-refractivity contribution in [3.8, 4) is 0 Å². The number of unbranched alkanes of at least 4 members (excludes halogenated alkanes) is 10. The van der Waals surface area contributed by atoms with Crippen molar-refractivity contribution in [2.45, 2.75) is 179 Å². The molecule has 0 aromatic carbocycles. The van der Waals surface area contributed by atoms with Gasteiger partial charge in [-0.05, 0) is 82.8 Å². The van der Waals surface area contributed by atoms with Crippen LogP contribution in [0, 0.1) is 0 Å². The minimum absolute atomic E-state index is 0.0499. The first-order chi connectivity index (χ1) is 35.1. The molecule has 2 heterocycles. The summed E-state index contributed by atoms with van der Waals surface area (Å²) in [6.45, 7) is 1.82. The van der Waals surface area contributed by atoms with Gasteiger partial charge in [0.2, 0.25) is 0 Å². The molecule has 410 valence electrons. The number of phosphoric ester groups is 2. The Bertz CT molecular complexity index is 2120. The lowest BCUT2D eigenvalue weighted by molar-refractivity contribution is -0.161. The number of aliphatic hydroxyl groups is 2. The summed E-state index contributed by atoms with van der Waals surface area (Å²) in [6.07, 6.45) is 38.3. The molecule has 0 amide bonds. The molecule has 1 aliphatic heterocycles. The zero-order valence-corrected chi connectivity index (χ0v) is 44.4. The van der Waals surface area contributed by atoms with Crippen molar-refractivity contribution in [1.29, 1.82) is 0 Å². The second-order valence-electron chi connectivity index (χ2n) is 17.3. The van der Waals surface area contributed by atoms with Crippen LogP contribution >= 0.6 is 15.6 Å². The molecule has 1 fully saturated rings. The number of hydrogen-bond acceptors (Lipinski definition) is 16. The molecule has 0 aliphatic carbocycles. The van der Waals surface area contributed by atoms with Gasteiger partial charge in [0.1, 0.15) is 30.7 Å². The minimum Gasteiger partial charge on any atom is -0.462 e. The van der Waals surface area contributed by atoms with E-state index in [0.29, 0.717) is 19.3 Å². The SMILES string of the molecule is CCCCC/C=C\C/C=C\C/C=C\C=C\C(=O)CCCC(=O)OC[C@H](COP(=O)(O)OP(=O)(O)OC[C@H]1O[C@@H](n2ccc(N)nc2=O)[C@H](O)[C@@H]1O)OC(=O)CCC/C=C\C/C=C\C/C=C\CCCCCCCC. The van der Waals surface area contributed by atoms with Crippen LogP contribution in [0.25, 0.3) is 0 Å². The molecular weight excluding hydrogens is 985 g/mol. The molecule has 0 spiro atoms. The van der Waals surface area contributed by atoms with Crippen LogP contribution in [0.15, 0.2) is 102 Å². The Hall–Kier alpha value is -4.39. The van der Waals surface area contributed by atoms with Gasteiger partial charge in [-0.2, -0.15) is 9.29 Å². The Morgan fingerprint density at radius 2 is 1.25 bits per heavy atom. The number of nitrogens with two attached hydrogens (primary N) is 1. The van der Waals surface area contributed by atoms with E-state index in [1.165, 1.54) is 69.9 Å². The predicted octanol–water partition coefficient (Wildman–Crippen LogP) is 9.84. The zero-order valence-electron chi connectivity index (χ0n) is 42.6. The first kappa shape index (κ1) is 64.7. The summed E-state index contributed by atoms with van der Waals surface area (Å²) in [4.78, 5) is 74.2. The molecule has 7 atom stereocenters. The minimum atomic E-state index is -5.49. The summed E-state index contributed by atoms with van der Waals surface area (Å²) in [6, 6.07) is 1.23. The van der Waals surface area contributed by atoms with E-state index in [1.807, 2.05) is 24.3 Å². The Labute approximate surface area is 431 Å². The molecule has 2 rings (SSSR count). The van der Waals surface area contributed by atoms with E-state index in [1.54, 1.807) is 12.2 Å². The fourth-order valence-electron chi connectivity index (χ4n) is 6.93. The smallest absolute Gasteiger partial charge is 0.462 e. The second-order valence-corrected chi connectivity index (χ2v) is 20.4. The van der Waals surface area contributed by atoms with Crippen molar-refractivity contribution < 1.29 is 71.1 Å². The fourth-order valence-corrected chi connectivity index (χ4v) is 9.04. The van der Waals surface area contributed by atoms with Crippen LogP contribution < -0.4 is 11.4 Å². The van der Waals surface area contributed by atoms with Crippen LogP contribution in [0.2, 0.25) is 0 Å². The largest absolute Gasteiger partial charge is 0.481 e. The molecule has 19 nitrogen and oxygen atoms in total. The second kappa shape index (κ2) is 39.1. The van der Waals surface area contributed by atoms with Crippen molar-refractivity contribution in [3.05, 3.63) is 108 Å². The first-order valence-corrected chi connectivity index (χ1v) is 28.5. The lowest BCUT2D eigenvalue weighted by Crippen LogP contribution is -2.36. The lowest BCUT2D eigenvalue weighted by atomic mass is 10.1. The molecule has 0 saturated carbocycles. The number of carbonyl (C=O) groups is 3. The maximum absolute atomic E-state index is 12.8. The number of anilines is 1. The van der Waals surface area contributed by atoms with Gasteiger partial charge in [0.25, 0.3) is 0 Å². The first-order valence-electron chi connectivity index (χ1n) is 25.6. The number of carbonyl (C=O) groups excluding carboxylic acids is 3. The van der Waals surface area contributed by atoms with Gasteiger partial charge in [0.05, 0.1) is 13.2 Å². The van der Waals surface area contributed by atoms with E-state index in [-0.39, 0.29) is 37.3 Å². The van der Waals surface area contributed by atoms with Crippen molar-refractivity contribution >= 4 is 39.2 Å². The Morgan fingerprint density at radius 1 is 0.699 bits per heavy atom. The van der Waals surface area contributed by atoms with Crippen molar-refractivity contribution in [2.75, 3.05) is 25.6 Å². The number of nitrogens with zero attached hydrogens (tertiary/aromatic N) is 2. The van der Waals surface area contributed by atoms with Crippen LogP contribution in [0.1, 0.15) is 155 Å². The number of ketones is 1. The van der Waals surface area contributed by atoms with Crippen LogP contribution in [0.4, 0.5) is 5.82 Å². The quantitative estimate of drug-likeness (QED) is 0.0102. The average molecular weight is 1070 g/mol. The van der Waals surface area contributed by atoms with E-state index in [9.17, 15) is 48.3 Å². The highest BCUT2D eigenvalue weighted by molar-refractivity contribution is 7.61. The number of rotatable bonds is 41. The van der Waals surface area contributed by atoms with Gasteiger partial charge in [-0.3, -0.25) is 28.0 Å². The maximum Gasteiger partial charge on any atom is 0.481 e. The number of ether oxygens (including phenoxy) is 3. The van der Waals surface area contributed by atoms with Crippen LogP contribution in [0.3, 0.4) is 0 Å². The molecule has 0 radical (unpaired) electrons. The average Bonchev–Trinajstić information content (AvgIpc) is 3.62. The number of nitrogen functional groups attached to an aromatic ring is 1. The molecule has 1 aromatic heterocycles. The van der Waals surface area contributed by atoms with Gasteiger partial charge in [-0.15, -0.1) is 0 Å². The highest BCUT2D eigenvalue weighted by Gasteiger charge is 2.46. The summed E-state index contributed by atoms with van der Waals surface area (Å²) in [5.74, 6) is -1.84. The topological polar surface area (TPSA) is 283 Å². The zero-order chi connectivity index (χ0) is 53.6. The van der Waals surface area contributed by atoms with Crippen LogP contribution in [-0.4, -0.2) is 91.5 Å². The standard InChI is InChI=1S/C52H81N3O16P2/c1-3-5-7-9-11-13-15-17-18-19-20-22-24-26-28-30-32-36-48(58)69-44(40-66-47(57)37-33-35-43(56)34-31-29-27-25-23-21-16-14-12-10-8-6-4-2)41-67-72(62,63)71-73(64,65)68-42-45-49(59)50(60)51(70-45)55-39-38-46(53)54-52(55)61/h12,14,17-18,20-23,26-29,31,34,38-39,44-45,49-51,59-60H,3-11,13,15-16,19,24-25,30,32-33,35-37,40-42H2,1-2H3,(H,62,63)(H,64,65)(H2,53,54,61)/b14-12-,18-17-,22-20-,23-21-,28-26-,29-27-,34-31+/t44-,45-,49-,50-,51-/m1/s1. The van der Waals surface area contributed by atoms with Crippen LogP contribution in [-0.2, 0) is 51.1 Å². The highest BCUT2D eigenvalue weighted by atomic mass is 31.3. The summed E-state index contributed by atoms with van der Waals surface area (Å²) < 4.78 is 56.5. The van der Waals surface area contributed by atoms with Gasteiger partial charge in [0, 0.05) is 25.5 Å². The summed E-state index contributed by atoms with van der Waals surface area (Å²) in [5.41, 5.74) is 4.56. The third-order valence-electron chi connectivity index (χ3n) is 10.9. The van der Waals surface area contributed by atoms with E-state index in [0.717, 1.165) is 42.9 Å². The lowest BCUT2D eigenvalue weighted by Gasteiger charge is -2.21. The highest BCUT2D eigenvalue weighted by Crippen LogP contribution is 2.60. The molecule has 1 saturated heterocycles. The Morgan fingerprint density at radius 3 is 1.89 bits per heavy atom. The van der Waals surface area contributed by atoms with Crippen molar-refractivity contribution in [1.82, 2.24) is 9.55 Å². The molecule has 1 aromatic rings. The number of allylic oxidation sites excluding steroid dienone is 14. The van der Waals surface area contributed by atoms with Crippen molar-refractivity contribution in [3.63, 3.8) is 0 Å². The van der Waals surface area contributed by atoms with Gasteiger partial charge in [-0.25, -0.2) is 13.9 Å². The monoisotopic (exact) mass is 1070 g/mol.